The normalized spacial score (nSPS) is 14.4. The van der Waals surface area contributed by atoms with Gasteiger partial charge < -0.3 is 14.8 Å². The summed E-state index contributed by atoms with van der Waals surface area (Å²) in [6, 6.07) is 6.18. The molecule has 1 heterocycles. The van der Waals surface area contributed by atoms with Gasteiger partial charge in [-0.3, -0.25) is 14.2 Å². The lowest BCUT2D eigenvalue weighted by atomic mass is 9.98. The second-order valence-corrected chi connectivity index (χ2v) is 11.5. The number of fused-ring (bicyclic) bond motifs is 2. The van der Waals surface area contributed by atoms with E-state index in [0.29, 0.717) is 29.7 Å². The molecule has 1 N–H and O–H groups in total. The van der Waals surface area contributed by atoms with E-state index in [0.717, 1.165) is 11.6 Å². The highest BCUT2D eigenvalue weighted by atomic mass is 19.2. The Labute approximate surface area is 251 Å². The quantitative estimate of drug-likeness (QED) is 0.0862. The van der Waals surface area contributed by atoms with Gasteiger partial charge in [0.25, 0.3) is 5.56 Å². The standard InChI is InChI=1S/C31H25F6N3O5/c1-13-38-20-10-14-8-9-18(16(14)11-17(20)28(41)40(13)12-44-30(43)31(2,3)4)39-19-7-5-6-15(21(19)32)29(42)45-27-25(36)23(34)22(33)24(35)26(27)37/h5-7,10-11,18,39H,8-9,12H2,1-4H3. The number of aromatic nitrogens is 2. The van der Waals surface area contributed by atoms with Crippen molar-refractivity contribution in [3.63, 3.8) is 0 Å². The number of aryl methyl sites for hydroxylation is 2. The lowest BCUT2D eigenvalue weighted by Gasteiger charge is -2.19. The average molecular weight is 634 g/mol. The molecule has 14 heteroatoms. The molecule has 0 fully saturated rings. The van der Waals surface area contributed by atoms with Crippen LogP contribution in [0.2, 0.25) is 0 Å². The maximum Gasteiger partial charge on any atom is 0.346 e. The van der Waals surface area contributed by atoms with Crippen LogP contribution in [-0.2, 0) is 22.7 Å². The van der Waals surface area contributed by atoms with Crippen molar-refractivity contribution in [3.8, 4) is 5.75 Å². The molecule has 0 radical (unpaired) electrons. The van der Waals surface area contributed by atoms with Crippen LogP contribution in [0.25, 0.3) is 10.9 Å². The second-order valence-electron chi connectivity index (χ2n) is 11.5. The summed E-state index contributed by atoms with van der Waals surface area (Å²) in [4.78, 5) is 42.7. The number of hydrogen-bond acceptors (Lipinski definition) is 7. The van der Waals surface area contributed by atoms with Crippen LogP contribution < -0.4 is 15.6 Å². The first kappa shape index (κ1) is 31.5. The molecule has 0 saturated carbocycles. The van der Waals surface area contributed by atoms with Gasteiger partial charge in [0.05, 0.1) is 33.6 Å². The third-order valence-corrected chi connectivity index (χ3v) is 7.33. The van der Waals surface area contributed by atoms with Crippen molar-refractivity contribution in [3.05, 3.63) is 98.1 Å². The zero-order valence-corrected chi connectivity index (χ0v) is 24.3. The van der Waals surface area contributed by atoms with Crippen molar-refractivity contribution in [1.29, 1.82) is 0 Å². The lowest BCUT2D eigenvalue weighted by molar-refractivity contribution is -0.157. The van der Waals surface area contributed by atoms with Crippen molar-refractivity contribution < 1.29 is 45.4 Å². The molecule has 0 saturated heterocycles. The summed E-state index contributed by atoms with van der Waals surface area (Å²) < 4.78 is 94.9. The number of nitrogens with one attached hydrogen (secondary N) is 1. The molecule has 5 rings (SSSR count). The van der Waals surface area contributed by atoms with Crippen LogP contribution in [0.1, 0.15) is 60.5 Å². The first-order chi connectivity index (χ1) is 21.1. The minimum absolute atomic E-state index is 0.223. The summed E-state index contributed by atoms with van der Waals surface area (Å²) in [6.07, 6.45) is 0.972. The van der Waals surface area contributed by atoms with Gasteiger partial charge in [0.15, 0.2) is 12.5 Å². The van der Waals surface area contributed by atoms with Crippen LogP contribution in [0.5, 0.6) is 5.75 Å². The molecule has 45 heavy (non-hydrogen) atoms. The molecule has 0 bridgehead atoms. The molecule has 0 spiro atoms. The van der Waals surface area contributed by atoms with Gasteiger partial charge in [0, 0.05) is 0 Å². The molecule has 1 unspecified atom stereocenters. The van der Waals surface area contributed by atoms with Crippen LogP contribution in [0.3, 0.4) is 0 Å². The van der Waals surface area contributed by atoms with Crippen molar-refractivity contribution in [2.75, 3.05) is 5.32 Å². The van der Waals surface area contributed by atoms with Gasteiger partial charge >= 0.3 is 11.9 Å². The molecule has 1 atom stereocenters. The predicted octanol–water partition coefficient (Wildman–Crippen LogP) is 6.40. The summed E-state index contributed by atoms with van der Waals surface area (Å²) in [5.41, 5.74) is -0.436. The molecule has 1 aliphatic rings. The highest BCUT2D eigenvalue weighted by Gasteiger charge is 2.31. The molecule has 8 nitrogen and oxygen atoms in total. The van der Waals surface area contributed by atoms with Gasteiger partial charge in [-0.25, -0.2) is 27.3 Å². The van der Waals surface area contributed by atoms with Crippen molar-refractivity contribution in [2.24, 2.45) is 5.41 Å². The maximum absolute atomic E-state index is 15.5. The molecule has 3 aromatic carbocycles. The third-order valence-electron chi connectivity index (χ3n) is 7.33. The number of anilines is 1. The molecular formula is C31H25F6N3O5. The van der Waals surface area contributed by atoms with E-state index in [-0.39, 0.29) is 17.8 Å². The van der Waals surface area contributed by atoms with Crippen LogP contribution in [0, 0.1) is 47.2 Å². The molecule has 0 amide bonds. The fourth-order valence-corrected chi connectivity index (χ4v) is 4.89. The van der Waals surface area contributed by atoms with Crippen LogP contribution >= 0.6 is 0 Å². The molecular weight excluding hydrogens is 608 g/mol. The Morgan fingerprint density at radius 3 is 2.27 bits per heavy atom. The Morgan fingerprint density at radius 2 is 1.62 bits per heavy atom. The van der Waals surface area contributed by atoms with E-state index in [1.807, 2.05) is 0 Å². The van der Waals surface area contributed by atoms with Crippen LogP contribution in [-0.4, -0.2) is 21.5 Å². The number of esters is 2. The number of nitrogens with zero attached hydrogens (tertiary/aromatic N) is 2. The highest BCUT2D eigenvalue weighted by Crippen LogP contribution is 2.37. The number of carbonyl (C=O) groups excluding carboxylic acids is 2. The third kappa shape index (κ3) is 5.71. The van der Waals surface area contributed by atoms with Crippen molar-refractivity contribution >= 4 is 28.5 Å². The minimum Gasteiger partial charge on any atom is -0.443 e. The Balaban J connectivity index is 1.43. The van der Waals surface area contributed by atoms with Gasteiger partial charge in [-0.1, -0.05) is 6.07 Å². The number of carbonyl (C=O) groups is 2. The predicted molar refractivity (Wildman–Crippen MR) is 149 cm³/mol. The van der Waals surface area contributed by atoms with Gasteiger partial charge in [-0.2, -0.15) is 8.78 Å². The number of benzene rings is 3. The SMILES string of the molecule is Cc1nc2cc3c(cc2c(=O)n1COC(=O)C(C)(C)C)C(Nc1cccc(C(=O)Oc2c(F)c(F)c(F)c(F)c2F)c1F)CC3. The number of rotatable bonds is 6. The maximum atomic E-state index is 15.5. The zero-order chi connectivity index (χ0) is 33.0. The largest absolute Gasteiger partial charge is 0.443 e. The zero-order valence-electron chi connectivity index (χ0n) is 24.3. The Hall–Kier alpha value is -4.88. The monoisotopic (exact) mass is 633 g/mol. The lowest BCUT2D eigenvalue weighted by Crippen LogP contribution is -2.30. The first-order valence-corrected chi connectivity index (χ1v) is 13.6. The Kier molecular flexibility index (Phi) is 8.10. The molecule has 4 aromatic rings. The molecule has 236 valence electrons. The van der Waals surface area contributed by atoms with E-state index >= 15 is 4.39 Å². The average Bonchev–Trinajstić information content (AvgIpc) is 3.37. The summed E-state index contributed by atoms with van der Waals surface area (Å²) in [6.45, 7) is 6.29. The first-order valence-electron chi connectivity index (χ1n) is 13.6. The van der Waals surface area contributed by atoms with Crippen molar-refractivity contribution in [2.45, 2.75) is 53.3 Å². The van der Waals surface area contributed by atoms with E-state index in [1.165, 1.54) is 16.7 Å². The minimum atomic E-state index is -2.44. The second kappa shape index (κ2) is 11.6. The van der Waals surface area contributed by atoms with Gasteiger partial charge in [-0.15, -0.1) is 0 Å². The van der Waals surface area contributed by atoms with Gasteiger partial charge in [-0.05, 0) is 75.9 Å². The van der Waals surface area contributed by atoms with Crippen LogP contribution in [0.15, 0.2) is 35.1 Å². The van der Waals surface area contributed by atoms with E-state index in [2.05, 4.69) is 15.0 Å². The summed E-state index contributed by atoms with van der Waals surface area (Å²) in [5.74, 6) is -16.8. The van der Waals surface area contributed by atoms with E-state index in [9.17, 15) is 36.3 Å². The number of ether oxygens (including phenoxy) is 2. The Morgan fingerprint density at radius 1 is 0.978 bits per heavy atom. The molecule has 1 aliphatic carbocycles. The van der Waals surface area contributed by atoms with Gasteiger partial charge in [0.1, 0.15) is 5.82 Å². The summed E-state index contributed by atoms with van der Waals surface area (Å²) >= 11 is 0. The fraction of sp³-hybridized carbons (Fsp3) is 0.290. The Bertz CT molecular complexity index is 1920. The highest BCUT2D eigenvalue weighted by molar-refractivity contribution is 5.92. The topological polar surface area (TPSA) is 99.5 Å². The van der Waals surface area contributed by atoms with Gasteiger partial charge in [0.2, 0.25) is 34.8 Å². The van der Waals surface area contributed by atoms with E-state index < -0.39 is 75.2 Å². The summed E-state index contributed by atoms with van der Waals surface area (Å²) in [5, 5.41) is 3.16. The fourth-order valence-electron chi connectivity index (χ4n) is 4.89. The van der Waals surface area contributed by atoms with Crippen LogP contribution in [0.4, 0.5) is 32.0 Å². The smallest absolute Gasteiger partial charge is 0.346 e. The van der Waals surface area contributed by atoms with Crippen molar-refractivity contribution in [1.82, 2.24) is 9.55 Å². The molecule has 0 aliphatic heterocycles. The number of hydrogen-bond donors (Lipinski definition) is 1. The van der Waals surface area contributed by atoms with E-state index in [1.54, 1.807) is 39.8 Å². The molecule has 1 aromatic heterocycles. The van der Waals surface area contributed by atoms with E-state index in [4.69, 9.17) is 4.74 Å². The number of halogens is 6. The summed E-state index contributed by atoms with van der Waals surface area (Å²) in [7, 11) is 0.